The summed E-state index contributed by atoms with van der Waals surface area (Å²) in [6.07, 6.45) is 1.77. The zero-order chi connectivity index (χ0) is 8.48. The Bertz CT molecular complexity index is 273. The van der Waals surface area contributed by atoms with Crippen LogP contribution in [0.2, 0.25) is 0 Å². The first-order valence-electron chi connectivity index (χ1n) is 3.69. The highest BCUT2D eigenvalue weighted by atomic mass is 16.1. The van der Waals surface area contributed by atoms with Crippen LogP contribution in [-0.2, 0) is 5.41 Å². The highest BCUT2D eigenvalue weighted by molar-refractivity contribution is 5.17. The van der Waals surface area contributed by atoms with Crippen LogP contribution in [0.25, 0.3) is 0 Å². The van der Waals surface area contributed by atoms with Crippen molar-refractivity contribution in [3.05, 3.63) is 34.2 Å². The van der Waals surface area contributed by atoms with Crippen LogP contribution in [0.4, 0.5) is 0 Å². The van der Waals surface area contributed by atoms with Gasteiger partial charge in [-0.05, 0) is 11.0 Å². The summed E-state index contributed by atoms with van der Waals surface area (Å²) in [5.41, 5.74) is 1.22. The molecule has 1 aromatic rings. The fourth-order valence-electron chi connectivity index (χ4n) is 0.877. The molecule has 0 fully saturated rings. The van der Waals surface area contributed by atoms with E-state index < -0.39 is 0 Å². The van der Waals surface area contributed by atoms with Gasteiger partial charge >= 0.3 is 0 Å². The van der Waals surface area contributed by atoms with Crippen LogP contribution in [0.1, 0.15) is 26.3 Å². The molecule has 1 rings (SSSR count). The van der Waals surface area contributed by atoms with Gasteiger partial charge in [-0.3, -0.25) is 4.79 Å². The van der Waals surface area contributed by atoms with E-state index in [1.807, 2.05) is 6.07 Å². The number of rotatable bonds is 0. The first-order chi connectivity index (χ1) is 5.00. The topological polar surface area (TPSA) is 32.9 Å². The summed E-state index contributed by atoms with van der Waals surface area (Å²) >= 11 is 0. The van der Waals surface area contributed by atoms with E-state index in [2.05, 4.69) is 25.8 Å². The van der Waals surface area contributed by atoms with Crippen LogP contribution in [-0.4, -0.2) is 4.98 Å². The second-order valence-corrected chi connectivity index (χ2v) is 3.69. The number of pyridine rings is 1. The van der Waals surface area contributed by atoms with E-state index in [0.29, 0.717) is 0 Å². The van der Waals surface area contributed by atoms with Gasteiger partial charge in [-0.2, -0.15) is 0 Å². The van der Waals surface area contributed by atoms with Gasteiger partial charge in [-0.15, -0.1) is 0 Å². The molecular formula is C9H13NO. The maximum Gasteiger partial charge on any atom is 0.247 e. The van der Waals surface area contributed by atoms with Crippen molar-refractivity contribution in [2.75, 3.05) is 0 Å². The Hall–Kier alpha value is -1.05. The van der Waals surface area contributed by atoms with Crippen LogP contribution in [0, 0.1) is 0 Å². The molecule has 0 saturated carbocycles. The molecule has 1 N–H and O–H groups in total. The monoisotopic (exact) mass is 151 g/mol. The van der Waals surface area contributed by atoms with Crippen LogP contribution < -0.4 is 5.56 Å². The average Bonchev–Trinajstić information content (AvgIpc) is 1.86. The molecule has 0 aliphatic rings. The van der Waals surface area contributed by atoms with Crippen molar-refractivity contribution in [1.82, 2.24) is 4.98 Å². The molecule has 0 aliphatic carbocycles. The van der Waals surface area contributed by atoms with Crippen molar-refractivity contribution in [3.63, 3.8) is 0 Å². The summed E-state index contributed by atoms with van der Waals surface area (Å²) in [5, 5.41) is 0. The van der Waals surface area contributed by atoms with E-state index in [9.17, 15) is 4.79 Å². The molecule has 0 aromatic carbocycles. The number of nitrogens with one attached hydrogen (secondary N) is 1. The van der Waals surface area contributed by atoms with Crippen molar-refractivity contribution in [2.45, 2.75) is 26.2 Å². The van der Waals surface area contributed by atoms with Crippen LogP contribution in [0.3, 0.4) is 0 Å². The minimum absolute atomic E-state index is 0.0435. The standard InChI is InChI=1S/C9H13NO/c1-9(2,3)7-4-5-8(11)10-6-7/h4-6H,1-3H3,(H,10,11). The quantitative estimate of drug-likeness (QED) is 0.601. The third kappa shape index (κ3) is 1.93. The molecular weight excluding hydrogens is 138 g/mol. The highest BCUT2D eigenvalue weighted by Gasteiger charge is 2.12. The lowest BCUT2D eigenvalue weighted by Crippen LogP contribution is -2.14. The molecule has 1 heterocycles. The molecule has 0 spiro atoms. The van der Waals surface area contributed by atoms with Crippen molar-refractivity contribution in [1.29, 1.82) is 0 Å². The fourth-order valence-corrected chi connectivity index (χ4v) is 0.877. The predicted molar refractivity (Wildman–Crippen MR) is 45.8 cm³/mol. The lowest BCUT2D eigenvalue weighted by atomic mass is 9.88. The predicted octanol–water partition coefficient (Wildman–Crippen LogP) is 1.67. The zero-order valence-corrected chi connectivity index (χ0v) is 7.14. The minimum atomic E-state index is -0.0435. The summed E-state index contributed by atoms with van der Waals surface area (Å²) in [7, 11) is 0. The summed E-state index contributed by atoms with van der Waals surface area (Å²) in [6, 6.07) is 3.42. The lowest BCUT2D eigenvalue weighted by Gasteiger charge is -2.17. The smallest absolute Gasteiger partial charge is 0.247 e. The number of aromatic amines is 1. The zero-order valence-electron chi connectivity index (χ0n) is 7.14. The van der Waals surface area contributed by atoms with Crippen molar-refractivity contribution >= 4 is 0 Å². The molecule has 1 aromatic heterocycles. The van der Waals surface area contributed by atoms with Crippen molar-refractivity contribution in [2.24, 2.45) is 0 Å². The van der Waals surface area contributed by atoms with Crippen LogP contribution >= 0.6 is 0 Å². The van der Waals surface area contributed by atoms with E-state index in [1.165, 1.54) is 0 Å². The SMILES string of the molecule is CC(C)(C)c1ccc(=O)[nH]c1. The third-order valence-corrected chi connectivity index (χ3v) is 1.65. The van der Waals surface area contributed by atoms with Gasteiger partial charge in [0.05, 0.1) is 0 Å². The minimum Gasteiger partial charge on any atom is -0.329 e. The molecule has 0 aliphatic heterocycles. The van der Waals surface area contributed by atoms with Gasteiger partial charge in [-0.1, -0.05) is 26.8 Å². The molecule has 0 unspecified atom stereocenters. The molecule has 0 atom stereocenters. The van der Waals surface area contributed by atoms with Gasteiger partial charge in [0.15, 0.2) is 0 Å². The van der Waals surface area contributed by atoms with E-state index in [0.717, 1.165) is 5.56 Å². The summed E-state index contributed by atoms with van der Waals surface area (Å²) in [6.45, 7) is 6.34. The summed E-state index contributed by atoms with van der Waals surface area (Å²) in [4.78, 5) is 13.3. The second kappa shape index (κ2) is 2.53. The Morgan fingerprint density at radius 1 is 1.27 bits per heavy atom. The highest BCUT2D eigenvalue weighted by Crippen LogP contribution is 2.19. The molecule has 11 heavy (non-hydrogen) atoms. The largest absolute Gasteiger partial charge is 0.329 e. The van der Waals surface area contributed by atoms with E-state index in [-0.39, 0.29) is 11.0 Å². The average molecular weight is 151 g/mol. The fraction of sp³-hybridized carbons (Fsp3) is 0.444. The van der Waals surface area contributed by atoms with Gasteiger partial charge < -0.3 is 4.98 Å². The van der Waals surface area contributed by atoms with E-state index in [4.69, 9.17) is 0 Å². The van der Waals surface area contributed by atoms with Gasteiger partial charge in [-0.25, -0.2) is 0 Å². The normalized spacial score (nSPS) is 11.5. The molecule has 0 radical (unpaired) electrons. The molecule has 2 heteroatoms. The Labute approximate surface area is 66.3 Å². The van der Waals surface area contributed by atoms with Gasteiger partial charge in [0, 0.05) is 12.3 Å². The first kappa shape index (κ1) is 8.05. The second-order valence-electron chi connectivity index (χ2n) is 3.69. The van der Waals surface area contributed by atoms with Crippen LogP contribution in [0.5, 0.6) is 0 Å². The number of hydrogen-bond acceptors (Lipinski definition) is 1. The molecule has 2 nitrogen and oxygen atoms in total. The first-order valence-corrected chi connectivity index (χ1v) is 3.69. The summed E-state index contributed by atoms with van der Waals surface area (Å²) < 4.78 is 0. The van der Waals surface area contributed by atoms with E-state index in [1.54, 1.807) is 12.3 Å². The lowest BCUT2D eigenvalue weighted by molar-refractivity contribution is 0.587. The maximum atomic E-state index is 10.7. The Morgan fingerprint density at radius 2 is 1.91 bits per heavy atom. The van der Waals surface area contributed by atoms with Crippen molar-refractivity contribution < 1.29 is 0 Å². The van der Waals surface area contributed by atoms with E-state index >= 15 is 0 Å². The molecule has 0 amide bonds. The van der Waals surface area contributed by atoms with Gasteiger partial charge in [0.1, 0.15) is 0 Å². The number of H-pyrrole nitrogens is 1. The Kier molecular flexibility index (Phi) is 1.85. The number of hydrogen-bond donors (Lipinski definition) is 1. The Morgan fingerprint density at radius 3 is 2.27 bits per heavy atom. The van der Waals surface area contributed by atoms with Gasteiger partial charge in [0.25, 0.3) is 0 Å². The van der Waals surface area contributed by atoms with Gasteiger partial charge in [0.2, 0.25) is 5.56 Å². The Balaban J connectivity index is 3.09. The van der Waals surface area contributed by atoms with Crippen molar-refractivity contribution in [3.8, 4) is 0 Å². The summed E-state index contributed by atoms with van der Waals surface area (Å²) in [5.74, 6) is 0. The van der Waals surface area contributed by atoms with Crippen LogP contribution in [0.15, 0.2) is 23.1 Å². The maximum absolute atomic E-state index is 10.7. The third-order valence-electron chi connectivity index (χ3n) is 1.65. The molecule has 0 bridgehead atoms. The molecule has 60 valence electrons. The molecule has 0 saturated heterocycles. The number of aromatic nitrogens is 1.